The second-order valence-corrected chi connectivity index (χ2v) is 8.97. The molecule has 1 amide bonds. The third-order valence-corrected chi connectivity index (χ3v) is 6.39. The Hall–Kier alpha value is -3.47. The summed E-state index contributed by atoms with van der Waals surface area (Å²) in [7, 11) is 0. The van der Waals surface area contributed by atoms with Crippen LogP contribution in [-0.4, -0.2) is 41.2 Å². The van der Waals surface area contributed by atoms with Gasteiger partial charge in [0.15, 0.2) is 0 Å². The van der Waals surface area contributed by atoms with E-state index < -0.39 is 29.4 Å². The number of ether oxygens (including phenoxy) is 2. The molecule has 1 aromatic heterocycles. The summed E-state index contributed by atoms with van der Waals surface area (Å²) in [5.41, 5.74) is -0.150. The molecule has 37 heavy (non-hydrogen) atoms. The highest BCUT2D eigenvalue weighted by Gasteiger charge is 2.31. The maximum Gasteiger partial charge on any atom is 0.416 e. The van der Waals surface area contributed by atoms with Gasteiger partial charge in [0.2, 0.25) is 5.95 Å². The molecule has 198 valence electrons. The third-order valence-electron chi connectivity index (χ3n) is 6.39. The predicted molar refractivity (Wildman–Crippen MR) is 128 cm³/mol. The Labute approximate surface area is 210 Å². The molecule has 7 nitrogen and oxygen atoms in total. The first-order valence-electron chi connectivity index (χ1n) is 12.0. The van der Waals surface area contributed by atoms with Crippen LogP contribution in [0, 0.1) is 11.7 Å². The van der Waals surface area contributed by atoms with E-state index >= 15 is 0 Å². The van der Waals surface area contributed by atoms with Crippen molar-refractivity contribution >= 4 is 28.9 Å². The number of benzene rings is 2. The lowest BCUT2D eigenvalue weighted by atomic mass is 9.86. The standard InChI is InChI=1S/C26H27F4N3O4/c1-2-37-23(34)15-36-14-16-6-9-20(10-7-16)33-22-11-8-19(27)13-21(22)31-25(33)32-24(35)17-4-3-5-18(12-17)26(28,29)30/h3-5,8,11-13,16,20H,2,6-7,9-10,14-15H2,1H3,(H,31,32,35). The van der Waals surface area contributed by atoms with Crippen molar-refractivity contribution in [3.05, 3.63) is 59.4 Å². The van der Waals surface area contributed by atoms with Crippen molar-refractivity contribution in [2.45, 2.75) is 44.8 Å². The van der Waals surface area contributed by atoms with Crippen LogP contribution < -0.4 is 5.32 Å². The van der Waals surface area contributed by atoms with Crippen LogP contribution in [0.1, 0.15) is 54.6 Å². The Balaban J connectivity index is 1.50. The molecule has 1 aliphatic rings. The van der Waals surface area contributed by atoms with Gasteiger partial charge in [0.05, 0.1) is 29.8 Å². The van der Waals surface area contributed by atoms with Crippen LogP contribution in [0.4, 0.5) is 23.5 Å². The number of rotatable bonds is 8. The molecule has 2 aromatic carbocycles. The fourth-order valence-corrected chi connectivity index (χ4v) is 4.62. The van der Waals surface area contributed by atoms with Crippen LogP contribution >= 0.6 is 0 Å². The zero-order valence-corrected chi connectivity index (χ0v) is 20.2. The van der Waals surface area contributed by atoms with Gasteiger partial charge in [-0.1, -0.05) is 6.07 Å². The van der Waals surface area contributed by atoms with Gasteiger partial charge < -0.3 is 14.0 Å². The maximum atomic E-state index is 13.9. The quantitative estimate of drug-likeness (QED) is 0.301. The average Bonchev–Trinajstić information content (AvgIpc) is 3.21. The van der Waals surface area contributed by atoms with Gasteiger partial charge in [0, 0.05) is 17.7 Å². The van der Waals surface area contributed by atoms with Gasteiger partial charge in [0.1, 0.15) is 12.4 Å². The Morgan fingerprint density at radius 2 is 1.86 bits per heavy atom. The first kappa shape index (κ1) is 26.6. The van der Waals surface area contributed by atoms with Crippen molar-refractivity contribution in [3.8, 4) is 0 Å². The molecule has 0 bridgehead atoms. The van der Waals surface area contributed by atoms with Crippen molar-refractivity contribution < 1.29 is 36.6 Å². The number of carbonyl (C=O) groups excluding carboxylic acids is 2. The minimum atomic E-state index is -4.58. The SMILES string of the molecule is CCOC(=O)COCC1CCC(n2c(NC(=O)c3cccc(C(F)(F)F)c3)nc3cc(F)ccc32)CC1. The highest BCUT2D eigenvalue weighted by Crippen LogP contribution is 2.37. The molecule has 0 aliphatic heterocycles. The number of nitrogens with zero attached hydrogens (tertiary/aromatic N) is 2. The van der Waals surface area contributed by atoms with E-state index in [0.29, 0.717) is 37.1 Å². The normalized spacial score (nSPS) is 18.1. The number of alkyl halides is 3. The van der Waals surface area contributed by atoms with Gasteiger partial charge >= 0.3 is 12.1 Å². The van der Waals surface area contributed by atoms with Crippen molar-refractivity contribution in [1.29, 1.82) is 0 Å². The van der Waals surface area contributed by atoms with E-state index in [-0.39, 0.29) is 30.1 Å². The number of anilines is 1. The van der Waals surface area contributed by atoms with E-state index in [4.69, 9.17) is 9.47 Å². The zero-order valence-electron chi connectivity index (χ0n) is 20.2. The fraction of sp³-hybridized carbons (Fsp3) is 0.423. The Kier molecular flexibility index (Phi) is 8.11. The second-order valence-electron chi connectivity index (χ2n) is 8.97. The molecule has 4 rings (SSSR count). The fourth-order valence-electron chi connectivity index (χ4n) is 4.62. The number of hydrogen-bond acceptors (Lipinski definition) is 5. The van der Waals surface area contributed by atoms with Gasteiger partial charge in [-0.25, -0.2) is 14.2 Å². The summed E-state index contributed by atoms with van der Waals surface area (Å²) in [5.74, 6) is -1.26. The van der Waals surface area contributed by atoms with E-state index in [1.165, 1.54) is 24.3 Å². The van der Waals surface area contributed by atoms with Gasteiger partial charge in [-0.3, -0.25) is 10.1 Å². The number of fused-ring (bicyclic) bond motifs is 1. The van der Waals surface area contributed by atoms with Crippen molar-refractivity contribution in [2.75, 3.05) is 25.1 Å². The molecular weight excluding hydrogens is 494 g/mol. The molecule has 0 atom stereocenters. The molecule has 1 saturated carbocycles. The van der Waals surface area contributed by atoms with Crippen molar-refractivity contribution in [2.24, 2.45) is 5.92 Å². The molecule has 0 unspecified atom stereocenters. The predicted octanol–water partition coefficient (Wildman–Crippen LogP) is 5.76. The first-order chi connectivity index (χ1) is 17.7. The van der Waals surface area contributed by atoms with E-state index in [1.54, 1.807) is 13.0 Å². The van der Waals surface area contributed by atoms with Crippen LogP contribution in [0.5, 0.6) is 0 Å². The minimum Gasteiger partial charge on any atom is -0.464 e. The Morgan fingerprint density at radius 3 is 2.57 bits per heavy atom. The summed E-state index contributed by atoms with van der Waals surface area (Å²) in [6, 6.07) is 8.18. The number of amides is 1. The Bertz CT molecular complexity index is 1270. The maximum absolute atomic E-state index is 13.9. The minimum absolute atomic E-state index is 0.0754. The topological polar surface area (TPSA) is 82.5 Å². The summed E-state index contributed by atoms with van der Waals surface area (Å²) in [4.78, 5) is 28.7. The molecule has 0 spiro atoms. The molecule has 3 aromatic rings. The number of halogens is 4. The molecule has 11 heteroatoms. The number of nitrogens with one attached hydrogen (secondary N) is 1. The molecule has 1 fully saturated rings. The average molecular weight is 522 g/mol. The number of carbonyl (C=O) groups is 2. The molecule has 0 radical (unpaired) electrons. The summed E-state index contributed by atoms with van der Waals surface area (Å²) in [6.07, 6.45) is -1.59. The van der Waals surface area contributed by atoms with E-state index in [0.717, 1.165) is 25.0 Å². The molecule has 1 aliphatic carbocycles. The van der Waals surface area contributed by atoms with E-state index in [2.05, 4.69) is 10.3 Å². The van der Waals surface area contributed by atoms with Crippen molar-refractivity contribution in [3.63, 3.8) is 0 Å². The third kappa shape index (κ3) is 6.46. The van der Waals surface area contributed by atoms with Crippen LogP contribution in [0.15, 0.2) is 42.5 Å². The summed E-state index contributed by atoms with van der Waals surface area (Å²) >= 11 is 0. The highest BCUT2D eigenvalue weighted by atomic mass is 19.4. The smallest absolute Gasteiger partial charge is 0.416 e. The van der Waals surface area contributed by atoms with Gasteiger partial charge in [0.25, 0.3) is 5.91 Å². The lowest BCUT2D eigenvalue weighted by Gasteiger charge is -2.30. The van der Waals surface area contributed by atoms with Crippen molar-refractivity contribution in [1.82, 2.24) is 9.55 Å². The van der Waals surface area contributed by atoms with E-state index in [1.807, 2.05) is 4.57 Å². The van der Waals surface area contributed by atoms with Crippen LogP contribution in [0.2, 0.25) is 0 Å². The van der Waals surface area contributed by atoms with Gasteiger partial charge in [-0.2, -0.15) is 13.2 Å². The largest absolute Gasteiger partial charge is 0.464 e. The second kappa shape index (κ2) is 11.3. The summed E-state index contributed by atoms with van der Waals surface area (Å²) in [6.45, 7) is 2.34. The van der Waals surface area contributed by atoms with Crippen LogP contribution in [0.25, 0.3) is 11.0 Å². The molecule has 1 N–H and O–H groups in total. The van der Waals surface area contributed by atoms with Gasteiger partial charge in [-0.15, -0.1) is 0 Å². The number of imidazole rings is 1. The van der Waals surface area contributed by atoms with E-state index in [9.17, 15) is 27.2 Å². The molecule has 0 saturated heterocycles. The summed E-state index contributed by atoms with van der Waals surface area (Å²) in [5, 5.41) is 2.63. The van der Waals surface area contributed by atoms with Gasteiger partial charge in [-0.05, 0) is 68.9 Å². The highest BCUT2D eigenvalue weighted by molar-refractivity contribution is 6.04. The Morgan fingerprint density at radius 1 is 1.11 bits per heavy atom. The monoisotopic (exact) mass is 521 g/mol. The number of esters is 1. The van der Waals surface area contributed by atoms with Crippen LogP contribution in [0.3, 0.4) is 0 Å². The molecular formula is C26H27F4N3O4. The van der Waals surface area contributed by atoms with Crippen LogP contribution in [-0.2, 0) is 20.4 Å². The lowest BCUT2D eigenvalue weighted by molar-refractivity contribution is -0.149. The molecule has 1 heterocycles. The number of hydrogen-bond donors (Lipinski definition) is 1. The lowest BCUT2D eigenvalue weighted by Crippen LogP contribution is -2.24. The zero-order chi connectivity index (χ0) is 26.6. The summed E-state index contributed by atoms with van der Waals surface area (Å²) < 4.78 is 65.4. The number of aromatic nitrogens is 2. The first-order valence-corrected chi connectivity index (χ1v) is 12.0.